The summed E-state index contributed by atoms with van der Waals surface area (Å²) in [4.78, 5) is 19.8. The molecule has 1 fully saturated rings. The van der Waals surface area contributed by atoms with E-state index in [1.807, 2.05) is 56.3 Å². The Kier molecular flexibility index (Phi) is 7.02. The maximum atomic E-state index is 13.0. The summed E-state index contributed by atoms with van der Waals surface area (Å²) in [6, 6.07) is 22.1. The first-order valence-corrected chi connectivity index (χ1v) is 11.1. The Hall–Kier alpha value is -3.38. The van der Waals surface area contributed by atoms with Crippen LogP contribution in [0.5, 0.6) is 5.75 Å². The minimum absolute atomic E-state index is 0.120. The average molecular weight is 431 g/mol. The molecule has 2 heterocycles. The Labute approximate surface area is 189 Å². The lowest BCUT2D eigenvalue weighted by molar-refractivity contribution is 0.0951. The molecule has 3 aromatic rings. The Balaban J connectivity index is 1.43. The molecule has 1 amide bonds. The number of ether oxygens (including phenoxy) is 1. The Bertz CT molecular complexity index is 1020. The van der Waals surface area contributed by atoms with Gasteiger partial charge in [-0.15, -0.1) is 0 Å². The molecule has 0 aliphatic carbocycles. The number of piperazine rings is 1. The molecule has 166 valence electrons. The van der Waals surface area contributed by atoms with Gasteiger partial charge in [-0.2, -0.15) is 0 Å². The molecular formula is C26H30N4O2. The zero-order valence-corrected chi connectivity index (χ0v) is 18.6. The maximum Gasteiger partial charge on any atom is 0.255 e. The molecule has 1 aromatic heterocycles. The van der Waals surface area contributed by atoms with Gasteiger partial charge in [0.2, 0.25) is 0 Å². The third kappa shape index (κ3) is 5.45. The second-order valence-electron chi connectivity index (χ2n) is 8.23. The highest BCUT2D eigenvalue weighted by Gasteiger charge is 2.25. The lowest BCUT2D eigenvalue weighted by Gasteiger charge is -2.35. The van der Waals surface area contributed by atoms with Gasteiger partial charge in [-0.05, 0) is 49.2 Å². The summed E-state index contributed by atoms with van der Waals surface area (Å²) in [5.41, 5.74) is 2.86. The minimum atomic E-state index is -0.120. The van der Waals surface area contributed by atoms with E-state index >= 15 is 0 Å². The van der Waals surface area contributed by atoms with Crippen molar-refractivity contribution < 1.29 is 9.53 Å². The van der Waals surface area contributed by atoms with Crippen molar-refractivity contribution in [3.05, 3.63) is 89.6 Å². The smallest absolute Gasteiger partial charge is 0.255 e. The van der Waals surface area contributed by atoms with Crippen LogP contribution in [-0.4, -0.2) is 36.6 Å². The van der Waals surface area contributed by atoms with Crippen LogP contribution >= 0.6 is 0 Å². The van der Waals surface area contributed by atoms with Crippen LogP contribution in [0.15, 0.2) is 72.9 Å². The van der Waals surface area contributed by atoms with Crippen LogP contribution in [0.2, 0.25) is 0 Å². The van der Waals surface area contributed by atoms with Gasteiger partial charge >= 0.3 is 0 Å². The van der Waals surface area contributed by atoms with E-state index in [1.165, 1.54) is 5.56 Å². The van der Waals surface area contributed by atoms with Crippen molar-refractivity contribution in [2.45, 2.75) is 32.5 Å². The molecule has 0 radical (unpaired) electrons. The van der Waals surface area contributed by atoms with E-state index in [-0.39, 0.29) is 18.1 Å². The van der Waals surface area contributed by atoms with Crippen LogP contribution in [-0.2, 0) is 6.54 Å². The number of carbonyl (C=O) groups is 1. The fourth-order valence-electron chi connectivity index (χ4n) is 3.91. The van der Waals surface area contributed by atoms with Gasteiger partial charge < -0.3 is 20.3 Å². The highest BCUT2D eigenvalue weighted by Crippen LogP contribution is 2.24. The van der Waals surface area contributed by atoms with Gasteiger partial charge in [-0.1, -0.05) is 42.5 Å². The third-order valence-electron chi connectivity index (χ3n) is 5.46. The molecule has 2 aromatic carbocycles. The van der Waals surface area contributed by atoms with E-state index < -0.39 is 0 Å². The number of anilines is 1. The van der Waals surface area contributed by atoms with Crippen LogP contribution in [0.1, 0.15) is 41.4 Å². The van der Waals surface area contributed by atoms with Crippen molar-refractivity contribution in [1.82, 2.24) is 15.6 Å². The van der Waals surface area contributed by atoms with Gasteiger partial charge in [0.05, 0.1) is 11.7 Å². The Morgan fingerprint density at radius 2 is 1.91 bits per heavy atom. The second-order valence-corrected chi connectivity index (χ2v) is 8.23. The molecule has 1 saturated heterocycles. The molecule has 1 aliphatic rings. The molecule has 0 saturated carbocycles. The maximum absolute atomic E-state index is 13.0. The molecule has 0 bridgehead atoms. The molecule has 32 heavy (non-hydrogen) atoms. The first kappa shape index (κ1) is 21.8. The van der Waals surface area contributed by atoms with E-state index in [4.69, 9.17) is 4.74 Å². The highest BCUT2D eigenvalue weighted by molar-refractivity contribution is 5.98. The van der Waals surface area contributed by atoms with E-state index in [9.17, 15) is 4.79 Å². The molecule has 0 spiro atoms. The quantitative estimate of drug-likeness (QED) is 0.594. The number of aromatic nitrogens is 1. The van der Waals surface area contributed by atoms with Gasteiger partial charge in [0, 0.05) is 38.4 Å². The topological polar surface area (TPSA) is 66.5 Å². The normalized spacial score (nSPS) is 16.1. The third-order valence-corrected chi connectivity index (χ3v) is 5.46. The minimum Gasteiger partial charge on any atom is -0.491 e. The predicted molar refractivity (Wildman–Crippen MR) is 127 cm³/mol. The summed E-state index contributed by atoms with van der Waals surface area (Å²) >= 11 is 0. The van der Waals surface area contributed by atoms with Crippen LogP contribution in [0.3, 0.4) is 0 Å². The molecule has 6 heteroatoms. The molecule has 6 nitrogen and oxygen atoms in total. The van der Waals surface area contributed by atoms with E-state index in [1.54, 1.807) is 6.20 Å². The number of carbonyl (C=O) groups excluding carboxylic acids is 1. The lowest BCUT2D eigenvalue weighted by Crippen LogP contribution is -2.46. The van der Waals surface area contributed by atoms with Crippen molar-refractivity contribution >= 4 is 11.7 Å². The van der Waals surface area contributed by atoms with Crippen molar-refractivity contribution in [1.29, 1.82) is 0 Å². The zero-order chi connectivity index (χ0) is 22.3. The molecular weight excluding hydrogens is 400 g/mol. The largest absolute Gasteiger partial charge is 0.491 e. The van der Waals surface area contributed by atoms with Gasteiger partial charge in [0.25, 0.3) is 5.91 Å². The molecule has 2 N–H and O–H groups in total. The van der Waals surface area contributed by atoms with Crippen LogP contribution < -0.4 is 20.3 Å². The number of nitrogens with zero attached hydrogens (tertiary/aromatic N) is 2. The van der Waals surface area contributed by atoms with Gasteiger partial charge in [0.15, 0.2) is 0 Å². The number of pyridine rings is 1. The average Bonchev–Trinajstić information content (AvgIpc) is 2.84. The van der Waals surface area contributed by atoms with Crippen LogP contribution in [0.25, 0.3) is 0 Å². The summed E-state index contributed by atoms with van der Waals surface area (Å²) in [5.74, 6) is 1.44. The number of benzene rings is 2. The van der Waals surface area contributed by atoms with E-state index in [0.29, 0.717) is 12.1 Å². The number of hydrogen-bond donors (Lipinski definition) is 2. The van der Waals surface area contributed by atoms with Gasteiger partial charge in [0.1, 0.15) is 11.6 Å². The first-order chi connectivity index (χ1) is 15.6. The van der Waals surface area contributed by atoms with Crippen molar-refractivity contribution in [3.63, 3.8) is 0 Å². The van der Waals surface area contributed by atoms with E-state index in [0.717, 1.165) is 36.8 Å². The number of rotatable bonds is 7. The zero-order valence-electron chi connectivity index (χ0n) is 18.6. The summed E-state index contributed by atoms with van der Waals surface area (Å²) in [7, 11) is 0. The summed E-state index contributed by atoms with van der Waals surface area (Å²) in [5, 5.41) is 6.60. The fourth-order valence-corrected chi connectivity index (χ4v) is 3.91. The van der Waals surface area contributed by atoms with Gasteiger partial charge in [-0.25, -0.2) is 4.98 Å². The predicted octanol–water partition coefficient (Wildman–Crippen LogP) is 3.95. The molecule has 1 aliphatic heterocycles. The number of hydrogen-bond acceptors (Lipinski definition) is 5. The lowest BCUT2D eigenvalue weighted by atomic mass is 10.0. The Morgan fingerprint density at radius 3 is 2.66 bits per heavy atom. The monoisotopic (exact) mass is 430 g/mol. The second kappa shape index (κ2) is 10.3. The van der Waals surface area contributed by atoms with Crippen molar-refractivity contribution in [2.75, 3.05) is 24.5 Å². The van der Waals surface area contributed by atoms with Crippen LogP contribution in [0.4, 0.5) is 5.82 Å². The molecule has 4 rings (SSSR count). The highest BCUT2D eigenvalue weighted by atomic mass is 16.5. The number of amides is 1. The Morgan fingerprint density at radius 1 is 1.12 bits per heavy atom. The summed E-state index contributed by atoms with van der Waals surface area (Å²) in [6.45, 7) is 6.85. The van der Waals surface area contributed by atoms with Crippen LogP contribution in [0, 0.1) is 0 Å². The van der Waals surface area contributed by atoms with E-state index in [2.05, 4.69) is 44.8 Å². The molecule has 1 atom stereocenters. The van der Waals surface area contributed by atoms with Gasteiger partial charge in [-0.3, -0.25) is 4.79 Å². The molecule has 0 unspecified atom stereocenters. The fraction of sp³-hybridized carbons (Fsp3) is 0.308. The standard InChI is InChI=1S/C26H30N4O2/c1-19(2)32-22-12-10-20(11-13-22)17-29-26(31)23-9-6-14-28-25(23)30-16-15-27-24(18-30)21-7-4-3-5-8-21/h3-14,19,24,27H,15-18H2,1-2H3,(H,29,31)/t24-/m0/s1. The SMILES string of the molecule is CC(C)Oc1ccc(CNC(=O)c2cccnc2N2CCN[C@H](c3ccccc3)C2)cc1. The van der Waals surface area contributed by atoms with Crippen molar-refractivity contribution in [2.24, 2.45) is 0 Å². The summed E-state index contributed by atoms with van der Waals surface area (Å²) < 4.78 is 5.68. The summed E-state index contributed by atoms with van der Waals surface area (Å²) in [6.07, 6.45) is 1.88. The first-order valence-electron chi connectivity index (χ1n) is 11.1. The van der Waals surface area contributed by atoms with Crippen molar-refractivity contribution in [3.8, 4) is 5.75 Å². The number of nitrogens with one attached hydrogen (secondary N) is 2.